The molecule has 24 heavy (non-hydrogen) atoms. The Balaban J connectivity index is 2.53. The van der Waals surface area contributed by atoms with E-state index in [0.717, 1.165) is 6.42 Å². The second-order valence-corrected chi connectivity index (χ2v) is 5.31. The van der Waals surface area contributed by atoms with Crippen molar-refractivity contribution in [3.63, 3.8) is 0 Å². The lowest BCUT2D eigenvalue weighted by molar-refractivity contribution is -0.146. The van der Waals surface area contributed by atoms with Crippen LogP contribution < -0.4 is 0 Å². The fourth-order valence-electron chi connectivity index (χ4n) is 2.34. The normalized spacial score (nSPS) is 11.6. The van der Waals surface area contributed by atoms with Crippen molar-refractivity contribution in [1.82, 2.24) is 4.98 Å². The number of ether oxygens (including phenoxy) is 2. The van der Waals surface area contributed by atoms with E-state index in [4.69, 9.17) is 9.47 Å². The van der Waals surface area contributed by atoms with E-state index >= 15 is 0 Å². The van der Waals surface area contributed by atoms with Crippen molar-refractivity contribution in [2.75, 3.05) is 13.2 Å². The minimum Gasteiger partial charge on any atom is -0.466 e. The number of carbonyl (C=O) groups excluding carboxylic acids is 3. The standard InChI is InChI=1S/C18H25NO5/c1-3-23-16(20)11-7-5-6-10-15(18(22)24-4-2)17(21)14-9-8-12-19-13-14/h8-9,12-13,15H,3-7,10-11H2,1-2H3. The van der Waals surface area contributed by atoms with Gasteiger partial charge in [-0.1, -0.05) is 12.8 Å². The predicted molar refractivity (Wildman–Crippen MR) is 88.4 cm³/mol. The lowest BCUT2D eigenvalue weighted by Gasteiger charge is -2.14. The fraction of sp³-hybridized carbons (Fsp3) is 0.556. The Morgan fingerprint density at radius 2 is 1.83 bits per heavy atom. The van der Waals surface area contributed by atoms with Crippen LogP contribution in [0.4, 0.5) is 0 Å². The van der Waals surface area contributed by atoms with Crippen LogP contribution in [0.2, 0.25) is 0 Å². The number of nitrogens with zero attached hydrogens (tertiary/aromatic N) is 1. The number of unbranched alkanes of at least 4 members (excludes halogenated alkanes) is 2. The average molecular weight is 335 g/mol. The van der Waals surface area contributed by atoms with E-state index in [2.05, 4.69) is 4.98 Å². The number of Topliss-reactive ketones (excluding diaryl/α,β-unsaturated/α-hetero) is 1. The highest BCUT2D eigenvalue weighted by molar-refractivity contribution is 6.08. The first-order chi connectivity index (χ1) is 11.6. The van der Waals surface area contributed by atoms with Crippen molar-refractivity contribution in [3.05, 3.63) is 30.1 Å². The highest BCUT2D eigenvalue weighted by atomic mass is 16.5. The quantitative estimate of drug-likeness (QED) is 0.268. The van der Waals surface area contributed by atoms with Gasteiger partial charge in [-0.3, -0.25) is 19.4 Å². The molecule has 1 aromatic heterocycles. The molecular weight excluding hydrogens is 310 g/mol. The lowest BCUT2D eigenvalue weighted by Crippen LogP contribution is -2.26. The first-order valence-corrected chi connectivity index (χ1v) is 8.36. The van der Waals surface area contributed by atoms with Crippen LogP contribution in [0.25, 0.3) is 0 Å². The molecule has 6 nitrogen and oxygen atoms in total. The highest BCUT2D eigenvalue weighted by Crippen LogP contribution is 2.18. The molecule has 6 heteroatoms. The Morgan fingerprint density at radius 3 is 2.46 bits per heavy atom. The molecule has 0 saturated heterocycles. The van der Waals surface area contributed by atoms with Crippen molar-refractivity contribution in [1.29, 1.82) is 0 Å². The minimum absolute atomic E-state index is 0.217. The van der Waals surface area contributed by atoms with E-state index in [1.54, 1.807) is 32.2 Å². The van der Waals surface area contributed by atoms with Gasteiger partial charge in [-0.15, -0.1) is 0 Å². The number of carbonyl (C=O) groups is 3. The maximum absolute atomic E-state index is 12.5. The Hall–Kier alpha value is -2.24. The maximum Gasteiger partial charge on any atom is 0.316 e. The summed E-state index contributed by atoms with van der Waals surface area (Å²) >= 11 is 0. The van der Waals surface area contributed by atoms with E-state index in [0.29, 0.717) is 37.9 Å². The molecule has 0 aliphatic heterocycles. The summed E-state index contributed by atoms with van der Waals surface area (Å²) in [7, 11) is 0. The van der Waals surface area contributed by atoms with Crippen LogP contribution in [0, 0.1) is 5.92 Å². The first-order valence-electron chi connectivity index (χ1n) is 8.36. The Morgan fingerprint density at radius 1 is 1.08 bits per heavy atom. The summed E-state index contributed by atoms with van der Waals surface area (Å²) in [6.07, 6.45) is 5.87. The monoisotopic (exact) mass is 335 g/mol. The summed E-state index contributed by atoms with van der Waals surface area (Å²) in [5, 5.41) is 0. The zero-order chi connectivity index (χ0) is 17.8. The molecular formula is C18H25NO5. The van der Waals surface area contributed by atoms with Gasteiger partial charge in [0.1, 0.15) is 5.92 Å². The van der Waals surface area contributed by atoms with Crippen molar-refractivity contribution in [3.8, 4) is 0 Å². The fourth-order valence-corrected chi connectivity index (χ4v) is 2.34. The zero-order valence-corrected chi connectivity index (χ0v) is 14.3. The molecule has 0 radical (unpaired) electrons. The molecule has 0 fully saturated rings. The third-order valence-corrected chi connectivity index (χ3v) is 3.51. The van der Waals surface area contributed by atoms with Gasteiger partial charge in [-0.25, -0.2) is 0 Å². The molecule has 0 bridgehead atoms. The Labute approximate surface area is 142 Å². The number of hydrogen-bond donors (Lipinski definition) is 0. The summed E-state index contributed by atoms with van der Waals surface area (Å²) in [6, 6.07) is 3.30. The van der Waals surface area contributed by atoms with Gasteiger partial charge in [0.25, 0.3) is 0 Å². The molecule has 0 aromatic carbocycles. The summed E-state index contributed by atoms with van der Waals surface area (Å²) < 4.78 is 9.88. The van der Waals surface area contributed by atoms with Crippen molar-refractivity contribution >= 4 is 17.7 Å². The van der Waals surface area contributed by atoms with Crippen LogP contribution in [0.5, 0.6) is 0 Å². The lowest BCUT2D eigenvalue weighted by atomic mass is 9.93. The summed E-state index contributed by atoms with van der Waals surface area (Å²) in [6.45, 7) is 4.09. The van der Waals surface area contributed by atoms with Gasteiger partial charge in [0.05, 0.1) is 13.2 Å². The largest absolute Gasteiger partial charge is 0.466 e. The van der Waals surface area contributed by atoms with Gasteiger partial charge in [0.2, 0.25) is 0 Å². The van der Waals surface area contributed by atoms with Crippen LogP contribution >= 0.6 is 0 Å². The molecule has 132 valence electrons. The average Bonchev–Trinajstić information content (AvgIpc) is 2.58. The van der Waals surface area contributed by atoms with Crippen LogP contribution in [-0.4, -0.2) is 35.9 Å². The van der Waals surface area contributed by atoms with E-state index < -0.39 is 11.9 Å². The molecule has 0 aliphatic rings. The molecule has 1 rings (SSSR count). The van der Waals surface area contributed by atoms with E-state index in [1.165, 1.54) is 6.20 Å². The van der Waals surface area contributed by atoms with E-state index in [1.807, 2.05) is 0 Å². The topological polar surface area (TPSA) is 82.6 Å². The van der Waals surface area contributed by atoms with Crippen molar-refractivity contribution in [2.24, 2.45) is 5.92 Å². The third-order valence-electron chi connectivity index (χ3n) is 3.51. The first kappa shape index (κ1) is 19.8. The van der Waals surface area contributed by atoms with Gasteiger partial charge >= 0.3 is 11.9 Å². The molecule has 1 heterocycles. The molecule has 0 amide bonds. The van der Waals surface area contributed by atoms with Crippen LogP contribution in [0.3, 0.4) is 0 Å². The third kappa shape index (κ3) is 6.89. The number of ketones is 1. The van der Waals surface area contributed by atoms with Gasteiger partial charge in [0.15, 0.2) is 5.78 Å². The van der Waals surface area contributed by atoms with Crippen LogP contribution in [0.15, 0.2) is 24.5 Å². The predicted octanol–water partition coefficient (Wildman–Crippen LogP) is 2.96. The molecule has 0 N–H and O–H groups in total. The zero-order valence-electron chi connectivity index (χ0n) is 14.3. The second-order valence-electron chi connectivity index (χ2n) is 5.31. The molecule has 1 unspecified atom stereocenters. The van der Waals surface area contributed by atoms with E-state index in [-0.39, 0.29) is 18.4 Å². The number of aromatic nitrogens is 1. The second kappa shape index (κ2) is 11.3. The molecule has 0 saturated carbocycles. The van der Waals surface area contributed by atoms with Crippen molar-refractivity contribution < 1.29 is 23.9 Å². The van der Waals surface area contributed by atoms with Crippen LogP contribution in [0.1, 0.15) is 56.3 Å². The summed E-state index contributed by atoms with van der Waals surface area (Å²) in [5.74, 6) is -1.81. The smallest absolute Gasteiger partial charge is 0.316 e. The van der Waals surface area contributed by atoms with Gasteiger partial charge in [-0.2, -0.15) is 0 Å². The summed E-state index contributed by atoms with van der Waals surface area (Å²) in [5.41, 5.74) is 0.405. The molecule has 0 spiro atoms. The van der Waals surface area contributed by atoms with Crippen molar-refractivity contribution in [2.45, 2.75) is 46.0 Å². The summed E-state index contributed by atoms with van der Waals surface area (Å²) in [4.78, 5) is 39.8. The van der Waals surface area contributed by atoms with Gasteiger partial charge in [-0.05, 0) is 38.8 Å². The Kier molecular flexibility index (Phi) is 9.34. The van der Waals surface area contributed by atoms with Gasteiger partial charge < -0.3 is 9.47 Å². The number of rotatable bonds is 11. The van der Waals surface area contributed by atoms with E-state index in [9.17, 15) is 14.4 Å². The number of esters is 2. The maximum atomic E-state index is 12.5. The molecule has 1 atom stereocenters. The Bertz CT molecular complexity index is 529. The van der Waals surface area contributed by atoms with Crippen LogP contribution in [-0.2, 0) is 19.1 Å². The SMILES string of the molecule is CCOC(=O)CCCCCC(C(=O)OCC)C(=O)c1cccnc1. The molecule has 0 aliphatic carbocycles. The molecule has 1 aromatic rings. The minimum atomic E-state index is -0.822. The highest BCUT2D eigenvalue weighted by Gasteiger charge is 2.28. The van der Waals surface area contributed by atoms with Gasteiger partial charge in [0, 0.05) is 24.4 Å². The number of hydrogen-bond acceptors (Lipinski definition) is 6. The number of pyridine rings is 1.